The van der Waals surface area contributed by atoms with Gasteiger partial charge in [-0.1, -0.05) is 18.6 Å². The van der Waals surface area contributed by atoms with Gasteiger partial charge in [-0.3, -0.25) is 0 Å². The maximum Gasteiger partial charge on any atom is 0.337 e. The fourth-order valence-electron chi connectivity index (χ4n) is 2.43. The van der Waals surface area contributed by atoms with Crippen LogP contribution in [0.3, 0.4) is 0 Å². The zero-order valence-electron chi connectivity index (χ0n) is 11.8. The van der Waals surface area contributed by atoms with Gasteiger partial charge in [-0.2, -0.15) is 0 Å². The molecule has 0 bridgehead atoms. The van der Waals surface area contributed by atoms with Crippen LogP contribution in [0, 0.1) is 12.8 Å². The molecule has 0 aliphatic heterocycles. The molecule has 5 heteroatoms. The van der Waals surface area contributed by atoms with Gasteiger partial charge in [-0.05, 0) is 44.2 Å². The average Bonchev–Trinajstić information content (AvgIpc) is 2.28. The second-order valence-corrected chi connectivity index (χ2v) is 5.38. The number of nitrogens with one attached hydrogen (secondary N) is 2. The number of para-hydroxylation sites is 1. The normalized spacial score (nSPS) is 16.1. The number of carbonyl (C=O) groups excluding carboxylic acids is 1. The molecule has 0 radical (unpaired) electrons. The van der Waals surface area contributed by atoms with Gasteiger partial charge in [0.1, 0.15) is 0 Å². The fourth-order valence-corrected chi connectivity index (χ4v) is 2.43. The van der Waals surface area contributed by atoms with Crippen molar-refractivity contribution in [2.75, 3.05) is 5.32 Å². The zero-order chi connectivity index (χ0) is 14.7. The van der Waals surface area contributed by atoms with Crippen LogP contribution >= 0.6 is 0 Å². The summed E-state index contributed by atoms with van der Waals surface area (Å²) in [5, 5.41) is 14.7. The van der Waals surface area contributed by atoms with E-state index in [1.807, 2.05) is 6.92 Å². The van der Waals surface area contributed by atoms with Crippen LogP contribution in [-0.4, -0.2) is 23.1 Å². The summed E-state index contributed by atoms with van der Waals surface area (Å²) in [6, 6.07) is 4.69. The summed E-state index contributed by atoms with van der Waals surface area (Å²) in [6.07, 6.45) is 3.51. The second kappa shape index (κ2) is 5.94. The van der Waals surface area contributed by atoms with E-state index in [-0.39, 0.29) is 17.6 Å². The molecule has 1 aliphatic carbocycles. The largest absolute Gasteiger partial charge is 0.478 e. The average molecular weight is 276 g/mol. The first-order valence-corrected chi connectivity index (χ1v) is 6.89. The minimum Gasteiger partial charge on any atom is -0.478 e. The highest BCUT2D eigenvalue weighted by Crippen LogP contribution is 2.29. The molecule has 1 fully saturated rings. The Kier molecular flexibility index (Phi) is 4.27. The Hall–Kier alpha value is -2.04. The summed E-state index contributed by atoms with van der Waals surface area (Å²) >= 11 is 0. The Morgan fingerprint density at radius 2 is 2.05 bits per heavy atom. The monoisotopic (exact) mass is 276 g/mol. The van der Waals surface area contributed by atoms with Crippen molar-refractivity contribution in [3.8, 4) is 0 Å². The molecule has 1 aromatic rings. The smallest absolute Gasteiger partial charge is 0.337 e. The second-order valence-electron chi connectivity index (χ2n) is 5.38. The number of rotatable bonds is 4. The number of carboxylic acids is 1. The van der Waals surface area contributed by atoms with E-state index in [9.17, 15) is 9.59 Å². The summed E-state index contributed by atoms with van der Waals surface area (Å²) in [6.45, 7) is 3.76. The van der Waals surface area contributed by atoms with Gasteiger partial charge < -0.3 is 15.7 Å². The summed E-state index contributed by atoms with van der Waals surface area (Å²) in [5.41, 5.74) is 1.20. The Labute approximate surface area is 118 Å². The standard InChI is InChI=1S/C15H20N2O3/c1-9-5-3-8-12(14(18)19)13(9)17-15(20)16-10(2)11-6-4-7-11/h3,5,8,10-11H,4,6-7H2,1-2H3,(H,18,19)(H2,16,17,20). The summed E-state index contributed by atoms with van der Waals surface area (Å²) in [5.74, 6) is -0.507. The maximum absolute atomic E-state index is 12.0. The lowest BCUT2D eigenvalue weighted by Crippen LogP contribution is -2.43. The van der Waals surface area contributed by atoms with E-state index >= 15 is 0 Å². The topological polar surface area (TPSA) is 78.4 Å². The molecule has 0 aromatic heterocycles. The van der Waals surface area contributed by atoms with Crippen molar-refractivity contribution in [1.29, 1.82) is 0 Å². The van der Waals surface area contributed by atoms with Crippen LogP contribution in [0.4, 0.5) is 10.5 Å². The van der Waals surface area contributed by atoms with Crippen LogP contribution in [0.2, 0.25) is 0 Å². The summed E-state index contributed by atoms with van der Waals surface area (Å²) < 4.78 is 0. The highest BCUT2D eigenvalue weighted by molar-refractivity contribution is 6.01. The van der Waals surface area contributed by atoms with Crippen LogP contribution in [0.1, 0.15) is 42.1 Å². The summed E-state index contributed by atoms with van der Waals surface area (Å²) in [4.78, 5) is 23.1. The summed E-state index contributed by atoms with van der Waals surface area (Å²) in [7, 11) is 0. The third-order valence-electron chi connectivity index (χ3n) is 3.96. The van der Waals surface area contributed by atoms with E-state index in [0.717, 1.165) is 18.4 Å². The Bertz CT molecular complexity index is 524. The molecule has 3 N–H and O–H groups in total. The Balaban J connectivity index is 2.05. The highest BCUT2D eigenvalue weighted by Gasteiger charge is 2.25. The predicted molar refractivity (Wildman–Crippen MR) is 77.1 cm³/mol. The Morgan fingerprint density at radius 1 is 1.35 bits per heavy atom. The molecule has 1 atom stereocenters. The number of aromatic carboxylic acids is 1. The molecule has 1 aromatic carbocycles. The van der Waals surface area contributed by atoms with Crippen LogP contribution < -0.4 is 10.6 Å². The molecule has 1 aliphatic rings. The first kappa shape index (κ1) is 14.4. The third kappa shape index (κ3) is 3.10. The number of benzene rings is 1. The number of aryl methyl sites for hydroxylation is 1. The van der Waals surface area contributed by atoms with Gasteiger partial charge in [0.15, 0.2) is 0 Å². The van der Waals surface area contributed by atoms with Crippen molar-refractivity contribution in [3.05, 3.63) is 29.3 Å². The minimum atomic E-state index is -1.05. The molecule has 1 saturated carbocycles. The van der Waals surface area contributed by atoms with E-state index in [2.05, 4.69) is 10.6 Å². The lowest BCUT2D eigenvalue weighted by atomic mass is 9.80. The maximum atomic E-state index is 12.0. The molecule has 2 amide bonds. The van der Waals surface area contributed by atoms with Crippen LogP contribution in [0.5, 0.6) is 0 Å². The number of hydrogen-bond donors (Lipinski definition) is 3. The van der Waals surface area contributed by atoms with Crippen molar-refractivity contribution < 1.29 is 14.7 Å². The zero-order valence-corrected chi connectivity index (χ0v) is 11.8. The predicted octanol–water partition coefficient (Wildman–Crippen LogP) is 3.00. The SMILES string of the molecule is Cc1cccc(C(=O)O)c1NC(=O)NC(C)C1CCC1. The molecule has 0 heterocycles. The fraction of sp³-hybridized carbons (Fsp3) is 0.467. The molecule has 0 saturated heterocycles. The third-order valence-corrected chi connectivity index (χ3v) is 3.96. The number of carboxylic acid groups (broad SMARTS) is 1. The van der Waals surface area contributed by atoms with Crippen molar-refractivity contribution in [3.63, 3.8) is 0 Å². The number of anilines is 1. The van der Waals surface area contributed by atoms with E-state index in [1.54, 1.807) is 19.1 Å². The first-order chi connectivity index (χ1) is 9.49. The number of urea groups is 1. The van der Waals surface area contributed by atoms with E-state index in [1.165, 1.54) is 12.5 Å². The van der Waals surface area contributed by atoms with Gasteiger partial charge in [-0.25, -0.2) is 9.59 Å². The van der Waals surface area contributed by atoms with Gasteiger partial charge in [0.25, 0.3) is 0 Å². The van der Waals surface area contributed by atoms with E-state index < -0.39 is 5.97 Å². The van der Waals surface area contributed by atoms with Gasteiger partial charge in [-0.15, -0.1) is 0 Å². The highest BCUT2D eigenvalue weighted by atomic mass is 16.4. The van der Waals surface area contributed by atoms with E-state index in [4.69, 9.17) is 5.11 Å². The lowest BCUT2D eigenvalue weighted by Gasteiger charge is -2.31. The van der Waals surface area contributed by atoms with Crippen LogP contribution in [0.25, 0.3) is 0 Å². The van der Waals surface area contributed by atoms with Crippen LogP contribution in [0.15, 0.2) is 18.2 Å². The van der Waals surface area contributed by atoms with Gasteiger partial charge in [0.05, 0.1) is 11.3 Å². The number of amides is 2. The van der Waals surface area contributed by atoms with Crippen LogP contribution in [-0.2, 0) is 0 Å². The first-order valence-electron chi connectivity index (χ1n) is 6.89. The Morgan fingerprint density at radius 3 is 2.60 bits per heavy atom. The van der Waals surface area contributed by atoms with Crippen molar-refractivity contribution in [2.45, 2.75) is 39.2 Å². The molecule has 5 nitrogen and oxygen atoms in total. The van der Waals surface area contributed by atoms with Crippen molar-refractivity contribution >= 4 is 17.7 Å². The molecule has 108 valence electrons. The van der Waals surface area contributed by atoms with Crippen molar-refractivity contribution in [2.24, 2.45) is 5.92 Å². The van der Waals surface area contributed by atoms with E-state index in [0.29, 0.717) is 11.6 Å². The molecule has 20 heavy (non-hydrogen) atoms. The molecular formula is C15H20N2O3. The van der Waals surface area contributed by atoms with Crippen molar-refractivity contribution in [1.82, 2.24) is 5.32 Å². The lowest BCUT2D eigenvalue weighted by molar-refractivity contribution is 0.0698. The number of carbonyl (C=O) groups is 2. The molecular weight excluding hydrogens is 256 g/mol. The minimum absolute atomic E-state index is 0.108. The van der Waals surface area contributed by atoms with Gasteiger partial charge in [0, 0.05) is 6.04 Å². The molecule has 0 spiro atoms. The van der Waals surface area contributed by atoms with Gasteiger partial charge >= 0.3 is 12.0 Å². The molecule has 1 unspecified atom stereocenters. The molecule has 2 rings (SSSR count). The number of hydrogen-bond acceptors (Lipinski definition) is 2. The van der Waals surface area contributed by atoms with Gasteiger partial charge in [0.2, 0.25) is 0 Å². The quantitative estimate of drug-likeness (QED) is 0.791.